The zero-order valence-corrected chi connectivity index (χ0v) is 22.5. The number of fused-ring (bicyclic) bond motifs is 1. The van der Waals surface area contributed by atoms with E-state index >= 15 is 0 Å². The van der Waals surface area contributed by atoms with Gasteiger partial charge in [0.15, 0.2) is 5.65 Å². The third-order valence-corrected chi connectivity index (χ3v) is 6.28. The summed E-state index contributed by atoms with van der Waals surface area (Å²) in [5.41, 5.74) is 0.603. The molecule has 2 heterocycles. The van der Waals surface area contributed by atoms with Gasteiger partial charge >= 0.3 is 6.18 Å². The molecule has 0 bridgehead atoms. The third kappa shape index (κ3) is 6.63. The lowest BCUT2D eigenvalue weighted by atomic mass is 10.0. The van der Waals surface area contributed by atoms with Crippen molar-refractivity contribution >= 4 is 34.3 Å². The minimum Gasteiger partial charge on any atom is -0.373 e. The highest BCUT2D eigenvalue weighted by Gasteiger charge is 2.31. The number of nitrogens with zero attached hydrogens (tertiary/aromatic N) is 5. The molecule has 0 aliphatic heterocycles. The van der Waals surface area contributed by atoms with Crippen LogP contribution in [0.25, 0.3) is 22.2 Å². The van der Waals surface area contributed by atoms with Crippen molar-refractivity contribution in [2.75, 3.05) is 56.8 Å². The van der Waals surface area contributed by atoms with Crippen LogP contribution in [0.5, 0.6) is 0 Å². The largest absolute Gasteiger partial charge is 0.416 e. The van der Waals surface area contributed by atoms with E-state index in [1.165, 1.54) is 24.4 Å². The van der Waals surface area contributed by atoms with Gasteiger partial charge < -0.3 is 20.4 Å². The Hall–Kier alpha value is -4.32. The van der Waals surface area contributed by atoms with Crippen molar-refractivity contribution in [3.05, 3.63) is 71.8 Å². The second kappa shape index (κ2) is 11.8. The molecule has 2 N–H and O–H groups in total. The predicted octanol–water partition coefficient (Wildman–Crippen LogP) is 5.53. The summed E-state index contributed by atoms with van der Waals surface area (Å²) in [5.74, 6) is -1.28. The Balaban J connectivity index is 1.65. The Labute approximate surface area is 229 Å². The van der Waals surface area contributed by atoms with Gasteiger partial charge in [0.2, 0.25) is 5.95 Å². The Kier molecular flexibility index (Phi) is 8.48. The highest BCUT2D eigenvalue weighted by atomic mass is 19.4. The number of carbonyl (C=O) groups is 1. The highest BCUT2D eigenvalue weighted by molar-refractivity contribution is 6.07. The van der Waals surface area contributed by atoms with Crippen LogP contribution >= 0.6 is 0 Å². The minimum atomic E-state index is -4.62. The van der Waals surface area contributed by atoms with Crippen molar-refractivity contribution in [1.29, 1.82) is 0 Å². The second-order valence-corrected chi connectivity index (χ2v) is 9.54. The van der Waals surface area contributed by atoms with Gasteiger partial charge in [-0.3, -0.25) is 4.79 Å². The molecule has 2 aromatic carbocycles. The molecule has 210 valence electrons. The van der Waals surface area contributed by atoms with Gasteiger partial charge in [-0.25, -0.2) is 14.4 Å². The lowest BCUT2D eigenvalue weighted by Gasteiger charge is -2.24. The van der Waals surface area contributed by atoms with E-state index in [0.29, 0.717) is 40.3 Å². The third-order valence-electron chi connectivity index (χ3n) is 6.28. The molecule has 8 nitrogen and oxygen atoms in total. The van der Waals surface area contributed by atoms with Gasteiger partial charge in [0.1, 0.15) is 5.82 Å². The first-order valence-electron chi connectivity index (χ1n) is 12.4. The number of nitrogens with one attached hydrogen (secondary N) is 2. The standard InChI is InChI=1S/C28H29F4N7O/c1-33-27-35-16-19-12-18(15-34-25(19)37-27)17-6-8-22(29)21(13-17)26(40)36-23-14-20(28(30,31)32)7-9-24(23)39(4)11-5-10-38(2)3/h6-9,12-16H,5,10-11H2,1-4H3,(H,36,40)(H,33,34,35,37). The maximum Gasteiger partial charge on any atom is 0.416 e. The molecular formula is C28H29F4N7O. The number of anilines is 3. The molecule has 4 rings (SSSR count). The van der Waals surface area contributed by atoms with Gasteiger partial charge in [0.25, 0.3) is 5.91 Å². The molecule has 0 unspecified atom stereocenters. The van der Waals surface area contributed by atoms with E-state index in [9.17, 15) is 22.4 Å². The number of amides is 1. The van der Waals surface area contributed by atoms with Crippen molar-refractivity contribution < 1.29 is 22.4 Å². The van der Waals surface area contributed by atoms with Crippen LogP contribution in [0.2, 0.25) is 0 Å². The second-order valence-electron chi connectivity index (χ2n) is 9.54. The van der Waals surface area contributed by atoms with Crippen LogP contribution in [0.1, 0.15) is 22.3 Å². The van der Waals surface area contributed by atoms with E-state index in [2.05, 4.69) is 25.6 Å². The zero-order chi connectivity index (χ0) is 29.0. The summed E-state index contributed by atoms with van der Waals surface area (Å²) in [6, 6.07) is 8.86. The lowest BCUT2D eigenvalue weighted by molar-refractivity contribution is -0.137. The maximum atomic E-state index is 14.8. The average Bonchev–Trinajstić information content (AvgIpc) is 2.91. The molecule has 0 spiro atoms. The number of rotatable bonds is 9. The van der Waals surface area contributed by atoms with Gasteiger partial charge in [-0.1, -0.05) is 6.07 Å². The topological polar surface area (TPSA) is 86.3 Å². The molecule has 2 aromatic heterocycles. The number of alkyl halides is 3. The summed E-state index contributed by atoms with van der Waals surface area (Å²) in [7, 11) is 7.26. The van der Waals surface area contributed by atoms with Crippen LogP contribution in [-0.4, -0.2) is 67.0 Å². The van der Waals surface area contributed by atoms with Crippen LogP contribution in [0, 0.1) is 5.82 Å². The van der Waals surface area contributed by atoms with Crippen LogP contribution in [-0.2, 0) is 6.18 Å². The Morgan fingerprint density at radius 2 is 1.73 bits per heavy atom. The van der Waals surface area contributed by atoms with E-state index < -0.39 is 23.5 Å². The number of halogens is 4. The van der Waals surface area contributed by atoms with E-state index in [4.69, 9.17) is 0 Å². The summed E-state index contributed by atoms with van der Waals surface area (Å²) in [4.78, 5) is 29.8. The molecule has 0 saturated heterocycles. The van der Waals surface area contributed by atoms with E-state index in [-0.39, 0.29) is 11.3 Å². The van der Waals surface area contributed by atoms with Crippen molar-refractivity contribution in [3.63, 3.8) is 0 Å². The fourth-order valence-electron chi connectivity index (χ4n) is 4.16. The van der Waals surface area contributed by atoms with Crippen molar-refractivity contribution in [1.82, 2.24) is 19.9 Å². The van der Waals surface area contributed by atoms with Gasteiger partial charge in [-0.15, -0.1) is 0 Å². The molecule has 0 aliphatic carbocycles. The SMILES string of the molecule is CNc1ncc2cc(-c3ccc(F)c(C(=O)Nc4cc(C(F)(F)F)ccc4N(C)CCCN(C)C)c3)cnc2n1. The van der Waals surface area contributed by atoms with Crippen LogP contribution in [0.3, 0.4) is 0 Å². The Morgan fingerprint density at radius 3 is 2.42 bits per heavy atom. The first-order chi connectivity index (χ1) is 19.0. The molecule has 1 amide bonds. The minimum absolute atomic E-state index is 0.0677. The number of aromatic nitrogens is 3. The molecular weight excluding hydrogens is 526 g/mol. The Morgan fingerprint density at radius 1 is 0.950 bits per heavy atom. The summed E-state index contributed by atoms with van der Waals surface area (Å²) >= 11 is 0. The van der Waals surface area contributed by atoms with Crippen LogP contribution in [0.15, 0.2) is 54.9 Å². The fourth-order valence-corrected chi connectivity index (χ4v) is 4.16. The van der Waals surface area contributed by atoms with Gasteiger partial charge in [0.05, 0.1) is 22.5 Å². The summed E-state index contributed by atoms with van der Waals surface area (Å²) in [6.07, 6.45) is -0.744. The molecule has 4 aromatic rings. The van der Waals surface area contributed by atoms with Crippen LogP contribution in [0.4, 0.5) is 34.9 Å². The number of hydrogen-bond acceptors (Lipinski definition) is 7. The molecule has 0 aliphatic rings. The summed E-state index contributed by atoms with van der Waals surface area (Å²) in [6.45, 7) is 1.31. The van der Waals surface area contributed by atoms with E-state index in [0.717, 1.165) is 31.2 Å². The van der Waals surface area contributed by atoms with E-state index in [1.807, 2.05) is 19.0 Å². The molecule has 12 heteroatoms. The highest BCUT2D eigenvalue weighted by Crippen LogP contribution is 2.36. The summed E-state index contributed by atoms with van der Waals surface area (Å²) in [5, 5.41) is 5.98. The van der Waals surface area contributed by atoms with Crippen molar-refractivity contribution in [2.24, 2.45) is 0 Å². The lowest BCUT2D eigenvalue weighted by Crippen LogP contribution is -2.25. The van der Waals surface area contributed by atoms with Gasteiger partial charge in [0, 0.05) is 44.0 Å². The van der Waals surface area contributed by atoms with Crippen molar-refractivity contribution in [2.45, 2.75) is 12.6 Å². The first-order valence-corrected chi connectivity index (χ1v) is 12.4. The van der Waals surface area contributed by atoms with Gasteiger partial charge in [-0.05, 0) is 69.0 Å². The van der Waals surface area contributed by atoms with E-state index in [1.54, 1.807) is 31.3 Å². The van der Waals surface area contributed by atoms with Crippen molar-refractivity contribution in [3.8, 4) is 11.1 Å². The molecule has 0 radical (unpaired) electrons. The number of carbonyl (C=O) groups excluding carboxylic acids is 1. The predicted molar refractivity (Wildman–Crippen MR) is 148 cm³/mol. The number of benzene rings is 2. The normalized spacial score (nSPS) is 11.6. The quantitative estimate of drug-likeness (QED) is 0.263. The monoisotopic (exact) mass is 555 g/mol. The maximum absolute atomic E-state index is 14.8. The fraction of sp³-hybridized carbons (Fsp3) is 0.286. The summed E-state index contributed by atoms with van der Waals surface area (Å²) < 4.78 is 55.3. The zero-order valence-electron chi connectivity index (χ0n) is 22.5. The molecule has 0 atom stereocenters. The molecule has 40 heavy (non-hydrogen) atoms. The smallest absolute Gasteiger partial charge is 0.373 e. The molecule has 0 fully saturated rings. The first kappa shape index (κ1) is 28.7. The molecule has 0 saturated carbocycles. The Bertz CT molecular complexity index is 1520. The average molecular weight is 556 g/mol. The van der Waals surface area contributed by atoms with Crippen LogP contribution < -0.4 is 15.5 Å². The number of pyridine rings is 1. The number of hydrogen-bond donors (Lipinski definition) is 2. The van der Waals surface area contributed by atoms with Gasteiger partial charge in [-0.2, -0.15) is 18.2 Å².